The molecule has 0 aliphatic carbocycles. The molecule has 2 heterocycles. The van der Waals surface area contributed by atoms with Crippen LogP contribution in [0, 0.1) is 0 Å². The van der Waals surface area contributed by atoms with Crippen molar-refractivity contribution in [3.63, 3.8) is 0 Å². The Balaban J connectivity index is 1.38. The van der Waals surface area contributed by atoms with Gasteiger partial charge in [-0.05, 0) is 48.6 Å². The number of hydrogen-bond acceptors (Lipinski definition) is 5. The molecular formula is C20H19BrN2O2S3. The Kier molecular flexibility index (Phi) is 7.84. The maximum Gasteiger partial charge on any atom is 0.266 e. The van der Waals surface area contributed by atoms with Crippen molar-refractivity contribution in [3.8, 4) is 0 Å². The molecule has 1 aliphatic rings. The van der Waals surface area contributed by atoms with E-state index in [1.54, 1.807) is 16.2 Å². The number of benzene rings is 1. The van der Waals surface area contributed by atoms with Crippen LogP contribution in [0.25, 0.3) is 6.08 Å². The van der Waals surface area contributed by atoms with Crippen LogP contribution in [0.4, 0.5) is 5.69 Å². The topological polar surface area (TPSA) is 49.4 Å². The van der Waals surface area contributed by atoms with Gasteiger partial charge in [0.1, 0.15) is 4.32 Å². The van der Waals surface area contributed by atoms with Crippen LogP contribution in [-0.4, -0.2) is 27.6 Å². The van der Waals surface area contributed by atoms with Crippen LogP contribution >= 0.6 is 51.2 Å². The fourth-order valence-corrected chi connectivity index (χ4v) is 5.15. The maximum absolute atomic E-state index is 12.5. The van der Waals surface area contributed by atoms with Crippen LogP contribution in [0.1, 0.15) is 30.6 Å². The van der Waals surface area contributed by atoms with E-state index in [2.05, 4.69) is 21.2 Å². The second-order valence-corrected chi connectivity index (χ2v) is 9.79. The highest BCUT2D eigenvalue weighted by atomic mass is 79.9. The Morgan fingerprint density at radius 2 is 2.07 bits per heavy atom. The van der Waals surface area contributed by atoms with Crippen LogP contribution in [0.5, 0.6) is 0 Å². The van der Waals surface area contributed by atoms with Crippen molar-refractivity contribution in [1.29, 1.82) is 0 Å². The number of amides is 2. The van der Waals surface area contributed by atoms with Crippen molar-refractivity contribution < 1.29 is 9.59 Å². The highest BCUT2D eigenvalue weighted by Crippen LogP contribution is 2.33. The standard InChI is InChI=1S/C20H19BrN2O2S3/c21-14-6-4-7-15(12-14)22-18(24)9-2-1-3-10-23-19(25)17(28-20(23)26)13-16-8-5-11-27-16/h4-8,11-13H,1-3,9-10H2,(H,22,24). The highest BCUT2D eigenvalue weighted by Gasteiger charge is 2.31. The van der Waals surface area contributed by atoms with E-state index in [0.717, 1.165) is 34.3 Å². The van der Waals surface area contributed by atoms with E-state index >= 15 is 0 Å². The number of nitrogens with zero attached hydrogens (tertiary/aromatic N) is 1. The SMILES string of the molecule is O=C(CCCCCN1C(=O)C(=Cc2cccs2)SC1=S)Nc1cccc(Br)c1. The number of anilines is 1. The number of unbranched alkanes of at least 4 members (excludes halogenated alkanes) is 2. The summed E-state index contributed by atoms with van der Waals surface area (Å²) in [5, 5.41) is 4.88. The first kappa shape index (κ1) is 21.2. The van der Waals surface area contributed by atoms with Crippen molar-refractivity contribution in [1.82, 2.24) is 4.90 Å². The lowest BCUT2D eigenvalue weighted by molar-refractivity contribution is -0.122. The summed E-state index contributed by atoms with van der Waals surface area (Å²) >= 11 is 11.7. The summed E-state index contributed by atoms with van der Waals surface area (Å²) in [7, 11) is 0. The zero-order valence-electron chi connectivity index (χ0n) is 15.0. The van der Waals surface area contributed by atoms with Gasteiger partial charge in [-0.3, -0.25) is 14.5 Å². The molecule has 2 aromatic rings. The van der Waals surface area contributed by atoms with E-state index in [1.807, 2.05) is 47.9 Å². The minimum Gasteiger partial charge on any atom is -0.326 e. The normalized spacial score (nSPS) is 15.5. The molecule has 1 fully saturated rings. The summed E-state index contributed by atoms with van der Waals surface area (Å²) in [6.45, 7) is 0.597. The van der Waals surface area contributed by atoms with Crippen molar-refractivity contribution in [2.45, 2.75) is 25.7 Å². The molecule has 1 N–H and O–H groups in total. The summed E-state index contributed by atoms with van der Waals surface area (Å²) in [6, 6.07) is 11.5. The molecule has 28 heavy (non-hydrogen) atoms. The molecule has 0 saturated carbocycles. The molecular weight excluding hydrogens is 476 g/mol. The zero-order chi connectivity index (χ0) is 19.9. The molecule has 8 heteroatoms. The molecule has 1 aromatic carbocycles. The van der Waals surface area contributed by atoms with Crippen LogP contribution in [0.2, 0.25) is 0 Å². The lowest BCUT2D eigenvalue weighted by atomic mass is 10.1. The molecule has 0 unspecified atom stereocenters. The molecule has 4 nitrogen and oxygen atoms in total. The van der Waals surface area contributed by atoms with E-state index in [-0.39, 0.29) is 11.8 Å². The van der Waals surface area contributed by atoms with Gasteiger partial charge in [0.2, 0.25) is 5.91 Å². The third-order valence-electron chi connectivity index (χ3n) is 4.08. The van der Waals surface area contributed by atoms with E-state index in [1.165, 1.54) is 11.8 Å². The molecule has 1 aromatic heterocycles. The van der Waals surface area contributed by atoms with Crippen LogP contribution in [0.3, 0.4) is 0 Å². The smallest absolute Gasteiger partial charge is 0.266 e. The Hall–Kier alpha value is -1.48. The molecule has 0 atom stereocenters. The number of thiocarbonyl (C=S) groups is 1. The second-order valence-electron chi connectivity index (χ2n) is 6.22. The van der Waals surface area contributed by atoms with Gasteiger partial charge in [0, 0.05) is 28.0 Å². The van der Waals surface area contributed by atoms with Gasteiger partial charge in [0.05, 0.1) is 4.91 Å². The summed E-state index contributed by atoms with van der Waals surface area (Å²) in [4.78, 5) is 28.0. The molecule has 0 bridgehead atoms. The summed E-state index contributed by atoms with van der Waals surface area (Å²) in [5.41, 5.74) is 0.787. The Labute approximate surface area is 186 Å². The molecule has 1 saturated heterocycles. The van der Waals surface area contributed by atoms with Gasteiger partial charge in [0.15, 0.2) is 0 Å². The van der Waals surface area contributed by atoms with Gasteiger partial charge in [0.25, 0.3) is 5.91 Å². The van der Waals surface area contributed by atoms with Gasteiger partial charge in [-0.15, -0.1) is 11.3 Å². The minimum atomic E-state index is -0.0178. The zero-order valence-corrected chi connectivity index (χ0v) is 19.1. The predicted octanol–water partition coefficient (Wildman–Crippen LogP) is 5.91. The number of thioether (sulfide) groups is 1. The van der Waals surface area contributed by atoms with Gasteiger partial charge in [-0.1, -0.05) is 58.5 Å². The first-order valence-electron chi connectivity index (χ1n) is 8.87. The fourth-order valence-electron chi connectivity index (χ4n) is 2.72. The lowest BCUT2D eigenvalue weighted by Crippen LogP contribution is -2.29. The lowest BCUT2D eigenvalue weighted by Gasteiger charge is -2.14. The van der Waals surface area contributed by atoms with Crippen molar-refractivity contribution >= 4 is 79.1 Å². The number of carbonyl (C=O) groups is 2. The number of nitrogens with one attached hydrogen (secondary N) is 1. The molecule has 146 valence electrons. The number of rotatable bonds is 8. The van der Waals surface area contributed by atoms with Gasteiger partial charge < -0.3 is 5.32 Å². The van der Waals surface area contributed by atoms with E-state index in [0.29, 0.717) is 22.2 Å². The predicted molar refractivity (Wildman–Crippen MR) is 125 cm³/mol. The van der Waals surface area contributed by atoms with Crippen molar-refractivity contribution in [3.05, 3.63) is 56.0 Å². The average molecular weight is 495 g/mol. The summed E-state index contributed by atoms with van der Waals surface area (Å²) in [6.07, 6.45) is 4.83. The number of halogens is 1. The monoisotopic (exact) mass is 494 g/mol. The number of thiophene rings is 1. The van der Waals surface area contributed by atoms with Crippen molar-refractivity contribution in [2.24, 2.45) is 0 Å². The number of hydrogen-bond donors (Lipinski definition) is 1. The first-order chi connectivity index (χ1) is 13.5. The first-order valence-corrected chi connectivity index (χ1v) is 11.8. The van der Waals surface area contributed by atoms with E-state index in [9.17, 15) is 9.59 Å². The quantitative estimate of drug-likeness (QED) is 0.281. The molecule has 2 amide bonds. The van der Waals surface area contributed by atoms with E-state index in [4.69, 9.17) is 12.2 Å². The maximum atomic E-state index is 12.5. The van der Waals surface area contributed by atoms with E-state index < -0.39 is 0 Å². The second kappa shape index (κ2) is 10.3. The average Bonchev–Trinajstić information content (AvgIpc) is 3.25. The third-order valence-corrected chi connectivity index (χ3v) is 6.77. The Morgan fingerprint density at radius 3 is 2.82 bits per heavy atom. The van der Waals surface area contributed by atoms with Gasteiger partial charge >= 0.3 is 0 Å². The molecule has 3 rings (SSSR count). The van der Waals surface area contributed by atoms with Gasteiger partial charge in [-0.2, -0.15) is 0 Å². The summed E-state index contributed by atoms with van der Waals surface area (Å²) < 4.78 is 1.54. The van der Waals surface area contributed by atoms with Crippen LogP contribution in [0.15, 0.2) is 51.2 Å². The number of carbonyl (C=O) groups excluding carboxylic acids is 2. The fraction of sp³-hybridized carbons (Fsp3) is 0.250. The molecule has 1 aliphatic heterocycles. The largest absolute Gasteiger partial charge is 0.326 e. The van der Waals surface area contributed by atoms with Crippen molar-refractivity contribution in [2.75, 3.05) is 11.9 Å². The van der Waals surface area contributed by atoms with Crippen LogP contribution in [-0.2, 0) is 9.59 Å². The molecule has 0 radical (unpaired) electrons. The Bertz CT molecular complexity index is 897. The summed E-state index contributed by atoms with van der Waals surface area (Å²) in [5.74, 6) is -0.0154. The third kappa shape index (κ3) is 6.01. The van der Waals surface area contributed by atoms with Gasteiger partial charge in [-0.25, -0.2) is 0 Å². The van der Waals surface area contributed by atoms with Crippen LogP contribution < -0.4 is 5.32 Å². The minimum absolute atomic E-state index is 0.00240. The highest BCUT2D eigenvalue weighted by molar-refractivity contribution is 9.10. The molecule has 0 spiro atoms. The Morgan fingerprint density at radius 1 is 1.21 bits per heavy atom.